The number of carbonyl (C=O) groups is 1. The van der Waals surface area contributed by atoms with Gasteiger partial charge in [-0.2, -0.15) is 22.0 Å². The zero-order chi connectivity index (χ0) is 12.6. The smallest absolute Gasteiger partial charge is 0.364 e. The van der Waals surface area contributed by atoms with Gasteiger partial charge in [0.25, 0.3) is 5.91 Å². The van der Waals surface area contributed by atoms with Crippen molar-refractivity contribution in [3.63, 3.8) is 0 Å². The Balaban J connectivity index is 3.41. The molecule has 0 aliphatic carbocycles. The predicted molar refractivity (Wildman–Crippen MR) is 42.3 cm³/mol. The van der Waals surface area contributed by atoms with E-state index in [2.05, 4.69) is 10.7 Å². The summed E-state index contributed by atoms with van der Waals surface area (Å²) in [6, 6.07) is 1.24. The van der Waals surface area contributed by atoms with Crippen LogP contribution in [-0.2, 0) is 16.9 Å². The van der Waals surface area contributed by atoms with E-state index in [1.807, 2.05) is 0 Å². The summed E-state index contributed by atoms with van der Waals surface area (Å²) in [5, 5.41) is 0. The van der Waals surface area contributed by atoms with Crippen LogP contribution in [0.2, 0.25) is 0 Å². The number of hydrogen-bond donors (Lipinski definition) is 1. The average Bonchev–Trinajstić information content (AvgIpc) is 2.16. The fourth-order valence-corrected chi connectivity index (χ4v) is 1.00. The first-order valence-electron chi connectivity index (χ1n) is 3.87. The Morgan fingerprint density at radius 1 is 1.25 bits per heavy atom. The monoisotopic (exact) mass is 240 g/mol. The molecule has 1 aromatic heterocycles. The standard InChI is InChI=1S/C8H5F5N2O/c9-7(10,6(14)16)5-4(8(11,12)13)2-1-3-15-5/h1-3H,(H2,14,16). The van der Waals surface area contributed by atoms with Crippen molar-refractivity contribution < 1.29 is 26.7 Å². The van der Waals surface area contributed by atoms with Gasteiger partial charge in [0.15, 0.2) is 0 Å². The molecule has 1 rings (SSSR count). The first-order chi connectivity index (χ1) is 7.17. The quantitative estimate of drug-likeness (QED) is 0.799. The van der Waals surface area contributed by atoms with Crippen molar-refractivity contribution in [1.29, 1.82) is 0 Å². The number of aromatic nitrogens is 1. The molecular weight excluding hydrogens is 235 g/mol. The number of nitrogens with zero attached hydrogens (tertiary/aromatic N) is 1. The van der Waals surface area contributed by atoms with Gasteiger partial charge >= 0.3 is 12.1 Å². The van der Waals surface area contributed by atoms with Gasteiger partial charge in [0, 0.05) is 6.20 Å². The highest BCUT2D eigenvalue weighted by molar-refractivity contribution is 5.82. The lowest BCUT2D eigenvalue weighted by atomic mass is 10.1. The SMILES string of the molecule is NC(=O)C(F)(F)c1ncccc1C(F)(F)F. The highest BCUT2D eigenvalue weighted by Crippen LogP contribution is 2.37. The Morgan fingerprint density at radius 3 is 2.25 bits per heavy atom. The van der Waals surface area contributed by atoms with E-state index in [-0.39, 0.29) is 0 Å². The second-order valence-electron chi connectivity index (χ2n) is 2.84. The highest BCUT2D eigenvalue weighted by atomic mass is 19.4. The number of amides is 1. The van der Waals surface area contributed by atoms with Crippen LogP contribution >= 0.6 is 0 Å². The van der Waals surface area contributed by atoms with Crippen LogP contribution in [0.3, 0.4) is 0 Å². The van der Waals surface area contributed by atoms with Gasteiger partial charge in [-0.3, -0.25) is 9.78 Å². The summed E-state index contributed by atoms with van der Waals surface area (Å²) in [5.74, 6) is -6.64. The number of rotatable bonds is 2. The Hall–Kier alpha value is -1.73. The van der Waals surface area contributed by atoms with Crippen LogP contribution in [0.15, 0.2) is 18.3 Å². The van der Waals surface area contributed by atoms with Crippen LogP contribution in [-0.4, -0.2) is 10.9 Å². The second kappa shape index (κ2) is 3.69. The first kappa shape index (κ1) is 12.3. The van der Waals surface area contributed by atoms with Gasteiger partial charge in [0.05, 0.1) is 5.56 Å². The maximum absolute atomic E-state index is 13.0. The van der Waals surface area contributed by atoms with Crippen molar-refractivity contribution in [1.82, 2.24) is 4.98 Å². The molecular formula is C8H5F5N2O. The molecule has 0 saturated carbocycles. The van der Waals surface area contributed by atoms with E-state index < -0.39 is 29.3 Å². The molecule has 0 aliphatic heterocycles. The molecule has 0 saturated heterocycles. The van der Waals surface area contributed by atoms with Gasteiger partial charge in [0.1, 0.15) is 5.69 Å². The van der Waals surface area contributed by atoms with E-state index in [9.17, 15) is 26.7 Å². The Bertz CT molecular complexity index is 415. The number of alkyl halides is 5. The molecule has 88 valence electrons. The van der Waals surface area contributed by atoms with Crippen LogP contribution in [0, 0.1) is 0 Å². The van der Waals surface area contributed by atoms with Crippen molar-refractivity contribution >= 4 is 5.91 Å². The van der Waals surface area contributed by atoms with Gasteiger partial charge in [0.2, 0.25) is 0 Å². The van der Waals surface area contributed by atoms with E-state index in [1.54, 1.807) is 0 Å². The second-order valence-corrected chi connectivity index (χ2v) is 2.84. The molecule has 0 aliphatic rings. The maximum atomic E-state index is 13.0. The summed E-state index contributed by atoms with van der Waals surface area (Å²) in [4.78, 5) is 13.2. The average molecular weight is 240 g/mol. The lowest BCUT2D eigenvalue weighted by molar-refractivity contribution is -0.151. The van der Waals surface area contributed by atoms with E-state index >= 15 is 0 Å². The van der Waals surface area contributed by atoms with Crippen molar-refractivity contribution in [2.24, 2.45) is 5.73 Å². The maximum Gasteiger partial charge on any atom is 0.418 e. The van der Waals surface area contributed by atoms with Gasteiger partial charge < -0.3 is 5.73 Å². The first-order valence-corrected chi connectivity index (χ1v) is 3.87. The molecule has 1 amide bonds. The Morgan fingerprint density at radius 2 is 1.81 bits per heavy atom. The molecule has 0 unspecified atom stereocenters. The van der Waals surface area contributed by atoms with E-state index in [4.69, 9.17) is 0 Å². The summed E-state index contributed by atoms with van der Waals surface area (Å²) in [7, 11) is 0. The Kier molecular flexibility index (Phi) is 2.85. The summed E-state index contributed by atoms with van der Waals surface area (Å²) in [6.45, 7) is 0. The fraction of sp³-hybridized carbons (Fsp3) is 0.250. The molecule has 16 heavy (non-hydrogen) atoms. The largest absolute Gasteiger partial charge is 0.418 e. The van der Waals surface area contributed by atoms with E-state index in [1.165, 1.54) is 0 Å². The molecule has 1 heterocycles. The number of pyridine rings is 1. The van der Waals surface area contributed by atoms with Crippen LogP contribution < -0.4 is 5.73 Å². The number of carbonyl (C=O) groups excluding carboxylic acids is 1. The molecule has 0 spiro atoms. The third kappa shape index (κ3) is 2.10. The minimum atomic E-state index is -5.03. The number of halogens is 5. The normalized spacial score (nSPS) is 12.6. The van der Waals surface area contributed by atoms with Gasteiger partial charge in [-0.05, 0) is 12.1 Å². The third-order valence-electron chi connectivity index (χ3n) is 1.72. The van der Waals surface area contributed by atoms with Gasteiger partial charge in [-0.15, -0.1) is 0 Å². The van der Waals surface area contributed by atoms with Crippen molar-refractivity contribution in [3.05, 3.63) is 29.6 Å². The van der Waals surface area contributed by atoms with E-state index in [0.717, 1.165) is 12.3 Å². The summed E-state index contributed by atoms with van der Waals surface area (Å²) in [6.07, 6.45) is -4.30. The summed E-state index contributed by atoms with van der Waals surface area (Å²) < 4.78 is 63.0. The summed E-state index contributed by atoms with van der Waals surface area (Å²) in [5.41, 5.74) is 0.951. The molecule has 2 N–H and O–H groups in total. The number of hydrogen-bond acceptors (Lipinski definition) is 2. The minimum absolute atomic E-state index is 0.402. The molecule has 8 heteroatoms. The molecule has 0 aromatic carbocycles. The van der Waals surface area contributed by atoms with Crippen LogP contribution in [0.1, 0.15) is 11.3 Å². The molecule has 0 atom stereocenters. The third-order valence-corrected chi connectivity index (χ3v) is 1.72. The lowest BCUT2D eigenvalue weighted by Crippen LogP contribution is -2.35. The minimum Gasteiger partial charge on any atom is -0.364 e. The molecule has 0 bridgehead atoms. The molecule has 3 nitrogen and oxygen atoms in total. The lowest BCUT2D eigenvalue weighted by Gasteiger charge is -2.16. The van der Waals surface area contributed by atoms with Crippen molar-refractivity contribution in [2.45, 2.75) is 12.1 Å². The van der Waals surface area contributed by atoms with Crippen LogP contribution in [0.5, 0.6) is 0 Å². The van der Waals surface area contributed by atoms with Gasteiger partial charge in [-0.1, -0.05) is 0 Å². The zero-order valence-corrected chi connectivity index (χ0v) is 7.55. The van der Waals surface area contributed by atoms with Crippen molar-refractivity contribution in [2.75, 3.05) is 0 Å². The molecule has 1 aromatic rings. The van der Waals surface area contributed by atoms with Crippen LogP contribution in [0.25, 0.3) is 0 Å². The van der Waals surface area contributed by atoms with E-state index in [0.29, 0.717) is 6.07 Å². The molecule has 0 fully saturated rings. The number of primary amides is 1. The number of nitrogens with two attached hydrogens (primary N) is 1. The summed E-state index contributed by atoms with van der Waals surface area (Å²) >= 11 is 0. The van der Waals surface area contributed by atoms with Crippen molar-refractivity contribution in [3.8, 4) is 0 Å². The van der Waals surface area contributed by atoms with Gasteiger partial charge in [-0.25, -0.2) is 0 Å². The zero-order valence-electron chi connectivity index (χ0n) is 7.55. The van der Waals surface area contributed by atoms with Crippen LogP contribution in [0.4, 0.5) is 22.0 Å². The Labute approximate surface area is 86.1 Å². The fourth-order valence-electron chi connectivity index (χ4n) is 1.00. The predicted octanol–water partition coefficient (Wildman–Crippen LogP) is 1.68. The molecule has 0 radical (unpaired) electrons. The topological polar surface area (TPSA) is 56.0 Å². The highest BCUT2D eigenvalue weighted by Gasteiger charge is 2.47.